The van der Waals surface area contributed by atoms with Crippen LogP contribution >= 0.6 is 0 Å². The number of methoxy groups -OCH3 is 1. The van der Waals surface area contributed by atoms with E-state index in [1.165, 1.54) is 6.20 Å². The van der Waals surface area contributed by atoms with Crippen LogP contribution in [0, 0.1) is 0 Å². The predicted octanol–water partition coefficient (Wildman–Crippen LogP) is 1.69. The van der Waals surface area contributed by atoms with E-state index in [1.54, 1.807) is 7.11 Å². The number of hydrogen-bond acceptors (Lipinski definition) is 6. The molecule has 1 fully saturated rings. The molecule has 7 heteroatoms. The summed E-state index contributed by atoms with van der Waals surface area (Å²) in [6.07, 6.45) is 1.40. The van der Waals surface area contributed by atoms with E-state index in [9.17, 15) is 9.90 Å². The summed E-state index contributed by atoms with van der Waals surface area (Å²) in [4.78, 5) is 18.1. The maximum absolute atomic E-state index is 11.5. The minimum Gasteiger partial charge on any atom is -0.497 e. The highest BCUT2D eigenvalue weighted by molar-refractivity contribution is 6.04. The van der Waals surface area contributed by atoms with Crippen molar-refractivity contribution in [2.24, 2.45) is 0 Å². The third kappa shape index (κ3) is 3.58. The van der Waals surface area contributed by atoms with Crippen molar-refractivity contribution >= 4 is 22.6 Å². The average molecular weight is 331 g/mol. The van der Waals surface area contributed by atoms with Gasteiger partial charge in [0.05, 0.1) is 31.5 Å². The zero-order valence-electron chi connectivity index (χ0n) is 13.6. The SMILES string of the molecule is COc1ccc2ncc(C(=O)O)c(NCCN3CCOCC3)c2c1. The normalized spacial score (nSPS) is 15.4. The summed E-state index contributed by atoms with van der Waals surface area (Å²) in [6, 6.07) is 5.45. The Bertz CT molecular complexity index is 729. The standard InChI is InChI=1S/C17H21N3O4/c1-23-12-2-3-15-13(10-12)16(14(11-19-15)17(21)22)18-4-5-20-6-8-24-9-7-20/h2-3,10-11H,4-9H2,1H3,(H,18,19)(H,21,22). The number of aromatic carboxylic acids is 1. The lowest BCUT2D eigenvalue weighted by atomic mass is 10.1. The first-order chi connectivity index (χ1) is 11.7. The first-order valence-electron chi connectivity index (χ1n) is 7.93. The summed E-state index contributed by atoms with van der Waals surface area (Å²) in [5.74, 6) is -0.329. The number of rotatable bonds is 6. The number of ether oxygens (including phenoxy) is 2. The van der Waals surface area contributed by atoms with Gasteiger partial charge < -0.3 is 19.9 Å². The molecule has 7 nitrogen and oxygen atoms in total. The van der Waals surface area contributed by atoms with Gasteiger partial charge in [-0.2, -0.15) is 0 Å². The Morgan fingerprint density at radius 1 is 1.42 bits per heavy atom. The smallest absolute Gasteiger partial charge is 0.339 e. The lowest BCUT2D eigenvalue weighted by Crippen LogP contribution is -2.39. The number of nitrogens with one attached hydrogen (secondary N) is 1. The van der Waals surface area contributed by atoms with Crippen molar-refractivity contribution in [3.05, 3.63) is 30.0 Å². The van der Waals surface area contributed by atoms with Crippen molar-refractivity contribution in [3.63, 3.8) is 0 Å². The Morgan fingerprint density at radius 3 is 2.92 bits per heavy atom. The van der Waals surface area contributed by atoms with E-state index in [-0.39, 0.29) is 5.56 Å². The van der Waals surface area contributed by atoms with Crippen LogP contribution in [0.5, 0.6) is 5.75 Å². The van der Waals surface area contributed by atoms with Gasteiger partial charge in [-0.3, -0.25) is 9.88 Å². The molecule has 128 valence electrons. The first kappa shape index (κ1) is 16.5. The summed E-state index contributed by atoms with van der Waals surface area (Å²) < 4.78 is 10.6. The molecule has 0 aliphatic carbocycles. The van der Waals surface area contributed by atoms with Gasteiger partial charge in [-0.1, -0.05) is 0 Å². The van der Waals surface area contributed by atoms with Crippen LogP contribution in [0.2, 0.25) is 0 Å². The molecule has 0 unspecified atom stereocenters. The van der Waals surface area contributed by atoms with Crippen LogP contribution in [0.25, 0.3) is 10.9 Å². The number of morpholine rings is 1. The zero-order valence-corrected chi connectivity index (χ0v) is 13.6. The Kier molecular flexibility index (Phi) is 5.12. The summed E-state index contributed by atoms with van der Waals surface area (Å²) in [6.45, 7) is 4.77. The number of carbonyl (C=O) groups is 1. The summed E-state index contributed by atoms with van der Waals surface area (Å²) in [5.41, 5.74) is 1.48. The van der Waals surface area contributed by atoms with Crippen molar-refractivity contribution in [2.75, 3.05) is 51.8 Å². The molecular formula is C17H21N3O4. The molecule has 1 aliphatic rings. The fourth-order valence-corrected chi connectivity index (χ4v) is 2.82. The van der Waals surface area contributed by atoms with E-state index < -0.39 is 5.97 Å². The number of hydrogen-bond donors (Lipinski definition) is 2. The van der Waals surface area contributed by atoms with E-state index >= 15 is 0 Å². The second-order valence-electron chi connectivity index (χ2n) is 5.62. The van der Waals surface area contributed by atoms with Gasteiger partial charge >= 0.3 is 5.97 Å². The lowest BCUT2D eigenvalue weighted by Gasteiger charge is -2.26. The van der Waals surface area contributed by atoms with Gasteiger partial charge in [-0.25, -0.2) is 4.79 Å². The van der Waals surface area contributed by atoms with Gasteiger partial charge in [0.25, 0.3) is 0 Å². The number of carboxylic acids is 1. The molecule has 1 aromatic heterocycles. The van der Waals surface area contributed by atoms with Gasteiger partial charge in [0.15, 0.2) is 0 Å². The van der Waals surface area contributed by atoms with Crippen LogP contribution in [-0.2, 0) is 4.74 Å². The first-order valence-corrected chi connectivity index (χ1v) is 7.93. The maximum atomic E-state index is 11.5. The minimum atomic E-state index is -0.999. The molecule has 0 spiro atoms. The largest absolute Gasteiger partial charge is 0.497 e. The zero-order chi connectivity index (χ0) is 16.9. The molecule has 1 aliphatic heterocycles. The second-order valence-corrected chi connectivity index (χ2v) is 5.62. The summed E-state index contributed by atoms with van der Waals surface area (Å²) >= 11 is 0. The van der Waals surface area contributed by atoms with E-state index in [0.29, 0.717) is 18.0 Å². The van der Waals surface area contributed by atoms with Crippen molar-refractivity contribution in [1.82, 2.24) is 9.88 Å². The summed E-state index contributed by atoms with van der Waals surface area (Å²) in [5, 5.41) is 13.5. The van der Waals surface area contributed by atoms with Crippen LogP contribution in [0.1, 0.15) is 10.4 Å². The molecule has 2 N–H and O–H groups in total. The molecule has 0 atom stereocenters. The van der Waals surface area contributed by atoms with Crippen molar-refractivity contribution in [2.45, 2.75) is 0 Å². The maximum Gasteiger partial charge on any atom is 0.339 e. The summed E-state index contributed by atoms with van der Waals surface area (Å²) in [7, 11) is 1.58. The molecule has 0 bridgehead atoms. The van der Waals surface area contributed by atoms with Gasteiger partial charge in [-0.15, -0.1) is 0 Å². The minimum absolute atomic E-state index is 0.165. The van der Waals surface area contributed by atoms with Crippen LogP contribution in [-0.4, -0.2) is 67.5 Å². The van der Waals surface area contributed by atoms with Gasteiger partial charge in [0.2, 0.25) is 0 Å². The number of aromatic nitrogens is 1. The molecule has 2 heterocycles. The van der Waals surface area contributed by atoms with E-state index in [0.717, 1.165) is 43.8 Å². The molecule has 2 aromatic rings. The second kappa shape index (κ2) is 7.46. The van der Waals surface area contributed by atoms with Gasteiger partial charge in [0, 0.05) is 37.8 Å². The topological polar surface area (TPSA) is 83.9 Å². The predicted molar refractivity (Wildman–Crippen MR) is 91.0 cm³/mol. The number of anilines is 1. The van der Waals surface area contributed by atoms with E-state index in [1.807, 2.05) is 18.2 Å². The number of benzene rings is 1. The highest BCUT2D eigenvalue weighted by Gasteiger charge is 2.16. The Hall–Kier alpha value is -2.38. The van der Waals surface area contributed by atoms with Crippen LogP contribution < -0.4 is 10.1 Å². The van der Waals surface area contributed by atoms with Crippen molar-refractivity contribution in [3.8, 4) is 5.75 Å². The van der Waals surface area contributed by atoms with Crippen molar-refractivity contribution in [1.29, 1.82) is 0 Å². The molecule has 1 saturated heterocycles. The number of fused-ring (bicyclic) bond motifs is 1. The number of nitrogens with zero attached hydrogens (tertiary/aromatic N) is 2. The highest BCUT2D eigenvalue weighted by atomic mass is 16.5. The van der Waals surface area contributed by atoms with Crippen LogP contribution in [0.15, 0.2) is 24.4 Å². The molecule has 1 aromatic carbocycles. The fourth-order valence-electron chi connectivity index (χ4n) is 2.82. The van der Waals surface area contributed by atoms with Crippen LogP contribution in [0.4, 0.5) is 5.69 Å². The molecule has 24 heavy (non-hydrogen) atoms. The quantitative estimate of drug-likeness (QED) is 0.833. The molecule has 0 amide bonds. The lowest BCUT2D eigenvalue weighted by molar-refractivity contribution is 0.0398. The average Bonchev–Trinajstić information content (AvgIpc) is 2.62. The highest BCUT2D eigenvalue weighted by Crippen LogP contribution is 2.29. The third-order valence-electron chi connectivity index (χ3n) is 4.14. The van der Waals surface area contributed by atoms with Gasteiger partial charge in [-0.05, 0) is 18.2 Å². The van der Waals surface area contributed by atoms with Crippen molar-refractivity contribution < 1.29 is 19.4 Å². The van der Waals surface area contributed by atoms with E-state index in [2.05, 4.69) is 15.2 Å². The van der Waals surface area contributed by atoms with Gasteiger partial charge in [0.1, 0.15) is 11.3 Å². The number of carboxylic acid groups (broad SMARTS) is 1. The Labute approximate surface area is 140 Å². The molecular weight excluding hydrogens is 310 g/mol. The Morgan fingerprint density at radius 2 is 2.21 bits per heavy atom. The monoisotopic (exact) mass is 331 g/mol. The molecule has 3 rings (SSSR count). The van der Waals surface area contributed by atoms with Crippen LogP contribution in [0.3, 0.4) is 0 Å². The number of pyridine rings is 1. The third-order valence-corrected chi connectivity index (χ3v) is 4.14. The van der Waals surface area contributed by atoms with E-state index in [4.69, 9.17) is 9.47 Å². The molecule has 0 radical (unpaired) electrons. The Balaban J connectivity index is 1.85. The molecule has 0 saturated carbocycles. The fraction of sp³-hybridized carbons (Fsp3) is 0.412.